The number of carbonyl (C=O) groups is 2. The molecule has 0 unspecified atom stereocenters. The van der Waals surface area contributed by atoms with Gasteiger partial charge in [-0.15, -0.1) is 0 Å². The first-order chi connectivity index (χ1) is 14.7. The van der Waals surface area contributed by atoms with Crippen LogP contribution in [0.25, 0.3) is 0 Å². The normalized spacial score (nSPS) is 15.6. The zero-order chi connectivity index (χ0) is 22.5. The predicted molar refractivity (Wildman–Crippen MR) is 114 cm³/mol. The number of benzene rings is 1. The lowest BCUT2D eigenvalue weighted by atomic mass is 10.2. The molecule has 1 fully saturated rings. The number of likely N-dealkylation sites (tertiary alicyclic amines) is 1. The molecule has 1 aliphatic heterocycles. The highest BCUT2D eigenvalue weighted by atomic mass is 19.1. The van der Waals surface area contributed by atoms with Gasteiger partial charge in [0.15, 0.2) is 12.4 Å². The average molecular weight is 429 g/mol. The first-order valence-electron chi connectivity index (χ1n) is 10.2. The van der Waals surface area contributed by atoms with E-state index >= 15 is 0 Å². The Morgan fingerprint density at radius 1 is 1.19 bits per heavy atom. The van der Waals surface area contributed by atoms with Crippen LogP contribution in [0.15, 0.2) is 30.3 Å². The number of aromatic nitrogens is 2. The third-order valence-electron chi connectivity index (χ3n) is 5.20. The van der Waals surface area contributed by atoms with Crippen molar-refractivity contribution >= 4 is 17.6 Å². The van der Waals surface area contributed by atoms with Gasteiger partial charge < -0.3 is 19.4 Å². The van der Waals surface area contributed by atoms with Crippen molar-refractivity contribution in [3.63, 3.8) is 0 Å². The summed E-state index contributed by atoms with van der Waals surface area (Å²) in [7, 11) is 5.45. The van der Waals surface area contributed by atoms with E-state index in [9.17, 15) is 14.0 Å². The molecule has 31 heavy (non-hydrogen) atoms. The van der Waals surface area contributed by atoms with Crippen LogP contribution in [-0.4, -0.2) is 65.9 Å². The first kappa shape index (κ1) is 22.5. The number of ether oxygens (including phenoxy) is 1. The molecule has 0 saturated carbocycles. The van der Waals surface area contributed by atoms with Crippen molar-refractivity contribution < 1.29 is 18.7 Å². The summed E-state index contributed by atoms with van der Waals surface area (Å²) in [5.74, 6) is 1.15. The number of anilines is 1. The van der Waals surface area contributed by atoms with Crippen LogP contribution >= 0.6 is 0 Å². The summed E-state index contributed by atoms with van der Waals surface area (Å²) in [6, 6.07) is 7.19. The highest BCUT2D eigenvalue weighted by Gasteiger charge is 2.31. The highest BCUT2D eigenvalue weighted by Crippen LogP contribution is 2.31. The Morgan fingerprint density at radius 3 is 2.55 bits per heavy atom. The minimum absolute atomic E-state index is 0.00754. The maximum atomic E-state index is 13.0. The summed E-state index contributed by atoms with van der Waals surface area (Å²) in [5.41, 5.74) is 0.682. The summed E-state index contributed by atoms with van der Waals surface area (Å²) >= 11 is 0. The summed E-state index contributed by atoms with van der Waals surface area (Å²) in [6.45, 7) is 2.36. The minimum Gasteiger partial charge on any atom is -0.484 e. The van der Waals surface area contributed by atoms with Gasteiger partial charge in [-0.25, -0.2) is 14.4 Å². The summed E-state index contributed by atoms with van der Waals surface area (Å²) < 4.78 is 18.4. The van der Waals surface area contributed by atoms with E-state index in [0.717, 1.165) is 18.7 Å². The molecule has 3 rings (SSSR count). The molecule has 2 heterocycles. The Bertz CT molecular complexity index is 935. The number of hydrogen-bond donors (Lipinski definition) is 0. The lowest BCUT2D eigenvalue weighted by Gasteiger charge is -2.24. The molecule has 0 bridgehead atoms. The number of nitrogens with zero attached hydrogens (tertiary/aromatic N) is 5. The van der Waals surface area contributed by atoms with E-state index in [1.807, 2.05) is 25.1 Å². The minimum atomic E-state index is -0.363. The lowest BCUT2D eigenvalue weighted by Crippen LogP contribution is -2.32. The van der Waals surface area contributed by atoms with Gasteiger partial charge in [-0.1, -0.05) is 0 Å². The Hall–Kier alpha value is -3.23. The molecule has 8 nitrogen and oxygen atoms in total. The molecule has 1 saturated heterocycles. The van der Waals surface area contributed by atoms with Crippen molar-refractivity contribution in [2.24, 2.45) is 0 Å². The SMILES string of the molecule is CC(=O)N1CCC[C@@H]1c1nc(CN(C)C(=O)COc2ccc(F)cc2)cc(N(C)C)n1. The molecule has 2 aromatic rings. The van der Waals surface area contributed by atoms with Gasteiger partial charge >= 0.3 is 0 Å². The maximum Gasteiger partial charge on any atom is 0.260 e. The highest BCUT2D eigenvalue weighted by molar-refractivity contribution is 5.77. The maximum absolute atomic E-state index is 13.0. The quantitative estimate of drug-likeness (QED) is 0.673. The Morgan fingerprint density at radius 2 is 1.90 bits per heavy atom. The van der Waals surface area contributed by atoms with Crippen LogP contribution in [0.4, 0.5) is 10.2 Å². The van der Waals surface area contributed by atoms with Crippen molar-refractivity contribution in [2.45, 2.75) is 32.4 Å². The topological polar surface area (TPSA) is 78.9 Å². The molecule has 0 spiro atoms. The van der Waals surface area contributed by atoms with Gasteiger partial charge in [-0.05, 0) is 37.1 Å². The van der Waals surface area contributed by atoms with Crippen molar-refractivity contribution in [3.8, 4) is 5.75 Å². The number of hydrogen-bond acceptors (Lipinski definition) is 6. The van der Waals surface area contributed by atoms with E-state index in [-0.39, 0.29) is 36.8 Å². The van der Waals surface area contributed by atoms with E-state index in [4.69, 9.17) is 4.74 Å². The smallest absolute Gasteiger partial charge is 0.260 e. The Balaban J connectivity index is 1.72. The largest absolute Gasteiger partial charge is 0.484 e. The molecule has 0 radical (unpaired) electrons. The Labute approximate surface area is 181 Å². The number of halogens is 1. The zero-order valence-electron chi connectivity index (χ0n) is 18.3. The van der Waals surface area contributed by atoms with E-state index in [0.29, 0.717) is 23.8 Å². The number of amides is 2. The number of rotatable bonds is 7. The summed E-state index contributed by atoms with van der Waals surface area (Å²) in [6.07, 6.45) is 1.73. The lowest BCUT2D eigenvalue weighted by molar-refractivity contribution is -0.132. The van der Waals surface area contributed by atoms with E-state index < -0.39 is 0 Å². The van der Waals surface area contributed by atoms with Crippen molar-refractivity contribution in [1.82, 2.24) is 19.8 Å². The van der Waals surface area contributed by atoms with Crippen LogP contribution in [0.3, 0.4) is 0 Å². The fourth-order valence-corrected chi connectivity index (χ4v) is 3.49. The predicted octanol–water partition coefficient (Wildman–Crippen LogP) is 2.40. The molecule has 1 atom stereocenters. The van der Waals surface area contributed by atoms with Gasteiger partial charge in [0.25, 0.3) is 5.91 Å². The van der Waals surface area contributed by atoms with Crippen LogP contribution in [0.1, 0.15) is 37.3 Å². The van der Waals surface area contributed by atoms with Crippen molar-refractivity contribution in [2.75, 3.05) is 39.2 Å². The second-order valence-corrected chi connectivity index (χ2v) is 7.83. The molecule has 0 N–H and O–H groups in total. The first-order valence-corrected chi connectivity index (χ1v) is 10.2. The third kappa shape index (κ3) is 5.68. The van der Waals surface area contributed by atoms with Crippen molar-refractivity contribution in [3.05, 3.63) is 47.7 Å². The van der Waals surface area contributed by atoms with Gasteiger partial charge in [0.2, 0.25) is 5.91 Å². The van der Waals surface area contributed by atoms with Crippen LogP contribution in [-0.2, 0) is 16.1 Å². The molecule has 0 aliphatic carbocycles. The van der Waals surface area contributed by atoms with E-state index in [1.165, 1.54) is 29.2 Å². The summed E-state index contributed by atoms with van der Waals surface area (Å²) in [5, 5.41) is 0. The van der Waals surface area contributed by atoms with Crippen molar-refractivity contribution in [1.29, 1.82) is 0 Å². The second kappa shape index (κ2) is 9.72. The fraction of sp³-hybridized carbons (Fsp3) is 0.455. The molecule has 1 aromatic carbocycles. The van der Waals surface area contributed by atoms with Gasteiger partial charge in [0.1, 0.15) is 17.4 Å². The van der Waals surface area contributed by atoms with Crippen LogP contribution in [0, 0.1) is 5.82 Å². The molecular weight excluding hydrogens is 401 g/mol. The third-order valence-corrected chi connectivity index (χ3v) is 5.20. The summed E-state index contributed by atoms with van der Waals surface area (Å²) in [4.78, 5) is 39.0. The molecule has 9 heteroatoms. The molecule has 1 aliphatic rings. The van der Waals surface area contributed by atoms with Gasteiger partial charge in [0, 0.05) is 40.7 Å². The monoisotopic (exact) mass is 429 g/mol. The standard InChI is InChI=1S/C22H28FN5O3/c1-15(29)28-11-5-6-19(28)22-24-17(12-20(25-22)26(2)3)13-27(4)21(30)14-31-18-9-7-16(23)8-10-18/h7-10,12,19H,5-6,11,13-14H2,1-4H3/t19-/m1/s1. The molecule has 166 valence electrons. The van der Waals surface area contributed by atoms with E-state index in [2.05, 4.69) is 9.97 Å². The van der Waals surface area contributed by atoms with Gasteiger partial charge in [-0.3, -0.25) is 9.59 Å². The second-order valence-electron chi connectivity index (χ2n) is 7.83. The van der Waals surface area contributed by atoms with Crippen LogP contribution in [0.2, 0.25) is 0 Å². The number of likely N-dealkylation sites (N-methyl/N-ethyl adjacent to an activating group) is 1. The molecule has 1 aromatic heterocycles. The van der Waals surface area contributed by atoms with Gasteiger partial charge in [-0.2, -0.15) is 0 Å². The van der Waals surface area contributed by atoms with Crippen LogP contribution < -0.4 is 9.64 Å². The average Bonchev–Trinajstić information content (AvgIpc) is 3.23. The fourth-order valence-electron chi connectivity index (χ4n) is 3.49. The number of carbonyl (C=O) groups excluding carboxylic acids is 2. The zero-order valence-corrected chi connectivity index (χ0v) is 18.3. The van der Waals surface area contributed by atoms with E-state index in [1.54, 1.807) is 18.9 Å². The molecule has 2 amide bonds. The molecular formula is C22H28FN5O3. The van der Waals surface area contributed by atoms with Crippen LogP contribution in [0.5, 0.6) is 5.75 Å². The van der Waals surface area contributed by atoms with Gasteiger partial charge in [0.05, 0.1) is 18.3 Å². The Kier molecular flexibility index (Phi) is 7.04.